The summed E-state index contributed by atoms with van der Waals surface area (Å²) in [4.78, 5) is 11.7. The van der Waals surface area contributed by atoms with Gasteiger partial charge in [0, 0.05) is 17.7 Å². The van der Waals surface area contributed by atoms with E-state index in [0.29, 0.717) is 6.04 Å². The van der Waals surface area contributed by atoms with E-state index in [2.05, 4.69) is 16.0 Å². The van der Waals surface area contributed by atoms with Crippen LogP contribution in [0.5, 0.6) is 0 Å². The molecule has 0 aromatic heterocycles. The summed E-state index contributed by atoms with van der Waals surface area (Å²) >= 11 is 1.79. The molecular formula is C9H18ClN3OS. The van der Waals surface area contributed by atoms with Crippen molar-refractivity contribution in [1.82, 2.24) is 16.0 Å². The number of piperidine rings is 1. The highest BCUT2D eigenvalue weighted by molar-refractivity contribution is 7.99. The van der Waals surface area contributed by atoms with Gasteiger partial charge in [-0.25, -0.2) is 0 Å². The van der Waals surface area contributed by atoms with Crippen molar-refractivity contribution >= 4 is 30.1 Å². The van der Waals surface area contributed by atoms with E-state index in [0.717, 1.165) is 37.6 Å². The lowest BCUT2D eigenvalue weighted by molar-refractivity contribution is -0.123. The molecule has 2 saturated heterocycles. The molecule has 0 saturated carbocycles. The Morgan fingerprint density at radius 2 is 2.07 bits per heavy atom. The molecule has 2 aliphatic rings. The predicted molar refractivity (Wildman–Crippen MR) is 65.5 cm³/mol. The largest absolute Gasteiger partial charge is 0.352 e. The number of nitrogens with one attached hydrogen (secondary N) is 3. The SMILES string of the molecule is Cl.O=C(NC1CCNCC1)[C@H]1CSCN1. The number of hydrogen-bond donors (Lipinski definition) is 3. The van der Waals surface area contributed by atoms with Gasteiger partial charge in [-0.05, 0) is 25.9 Å². The summed E-state index contributed by atoms with van der Waals surface area (Å²) in [5.41, 5.74) is 0. The zero-order valence-corrected chi connectivity index (χ0v) is 10.3. The molecule has 0 aromatic rings. The molecule has 3 N–H and O–H groups in total. The van der Waals surface area contributed by atoms with E-state index < -0.39 is 0 Å². The van der Waals surface area contributed by atoms with Crippen LogP contribution in [0.25, 0.3) is 0 Å². The average Bonchev–Trinajstić information content (AvgIpc) is 2.72. The summed E-state index contributed by atoms with van der Waals surface area (Å²) in [5, 5.41) is 9.57. The molecule has 2 aliphatic heterocycles. The second kappa shape index (κ2) is 6.58. The van der Waals surface area contributed by atoms with Gasteiger partial charge in [0.2, 0.25) is 5.91 Å². The first-order valence-electron chi connectivity index (χ1n) is 5.18. The number of halogens is 1. The molecule has 2 heterocycles. The molecule has 15 heavy (non-hydrogen) atoms. The molecule has 0 radical (unpaired) electrons. The number of thioether (sulfide) groups is 1. The molecule has 6 heteroatoms. The fourth-order valence-corrected chi connectivity index (χ4v) is 2.77. The second-order valence-corrected chi connectivity index (χ2v) is 4.83. The van der Waals surface area contributed by atoms with Crippen molar-refractivity contribution in [3.63, 3.8) is 0 Å². The minimum Gasteiger partial charge on any atom is -0.352 e. The standard InChI is InChI=1S/C9H17N3OS.ClH/c13-9(8-5-14-6-11-8)12-7-1-3-10-4-2-7;/h7-8,10-11H,1-6H2,(H,12,13);1H/t8-;/m1./s1. The van der Waals surface area contributed by atoms with Crippen molar-refractivity contribution in [2.24, 2.45) is 0 Å². The van der Waals surface area contributed by atoms with E-state index in [1.165, 1.54) is 0 Å². The van der Waals surface area contributed by atoms with Crippen LogP contribution < -0.4 is 16.0 Å². The fraction of sp³-hybridized carbons (Fsp3) is 0.889. The number of amides is 1. The highest BCUT2D eigenvalue weighted by Gasteiger charge is 2.24. The second-order valence-electron chi connectivity index (χ2n) is 3.80. The van der Waals surface area contributed by atoms with Crippen molar-refractivity contribution in [3.8, 4) is 0 Å². The minimum absolute atomic E-state index is 0. The Kier molecular flexibility index (Phi) is 5.74. The lowest BCUT2D eigenvalue weighted by Gasteiger charge is -2.24. The molecule has 88 valence electrons. The Balaban J connectivity index is 0.00000112. The van der Waals surface area contributed by atoms with Crippen LogP contribution in [0, 0.1) is 0 Å². The maximum atomic E-state index is 11.7. The Morgan fingerprint density at radius 1 is 1.33 bits per heavy atom. The summed E-state index contributed by atoms with van der Waals surface area (Å²) in [6, 6.07) is 0.422. The maximum absolute atomic E-state index is 11.7. The third-order valence-electron chi connectivity index (χ3n) is 2.72. The Bertz CT molecular complexity index is 206. The fourth-order valence-electron chi connectivity index (χ4n) is 1.83. The van der Waals surface area contributed by atoms with E-state index >= 15 is 0 Å². The van der Waals surface area contributed by atoms with E-state index in [-0.39, 0.29) is 24.4 Å². The molecule has 0 aliphatic carbocycles. The first-order valence-corrected chi connectivity index (χ1v) is 6.34. The molecular weight excluding hydrogens is 234 g/mol. The number of hydrogen-bond acceptors (Lipinski definition) is 4. The third-order valence-corrected chi connectivity index (χ3v) is 3.66. The van der Waals surface area contributed by atoms with E-state index in [9.17, 15) is 4.79 Å². The van der Waals surface area contributed by atoms with Gasteiger partial charge in [0.15, 0.2) is 0 Å². The highest BCUT2D eigenvalue weighted by atomic mass is 35.5. The van der Waals surface area contributed by atoms with Gasteiger partial charge in [-0.1, -0.05) is 0 Å². The van der Waals surface area contributed by atoms with Crippen LogP contribution in [-0.2, 0) is 4.79 Å². The molecule has 0 bridgehead atoms. The molecule has 0 unspecified atom stereocenters. The van der Waals surface area contributed by atoms with E-state index in [1.54, 1.807) is 11.8 Å². The maximum Gasteiger partial charge on any atom is 0.238 e. The monoisotopic (exact) mass is 251 g/mol. The van der Waals surface area contributed by atoms with Crippen LogP contribution in [0.15, 0.2) is 0 Å². The number of rotatable bonds is 2. The molecule has 1 amide bonds. The summed E-state index contributed by atoms with van der Waals surface area (Å²) in [6.07, 6.45) is 2.12. The molecule has 0 aromatic carbocycles. The zero-order valence-electron chi connectivity index (χ0n) is 8.62. The normalized spacial score (nSPS) is 27.1. The zero-order chi connectivity index (χ0) is 9.80. The van der Waals surface area contributed by atoms with Crippen molar-refractivity contribution in [3.05, 3.63) is 0 Å². The van der Waals surface area contributed by atoms with Crippen LogP contribution in [-0.4, -0.2) is 42.7 Å². The van der Waals surface area contributed by atoms with Gasteiger partial charge in [-0.2, -0.15) is 0 Å². The number of carbonyl (C=O) groups is 1. The third kappa shape index (κ3) is 3.83. The van der Waals surface area contributed by atoms with Crippen molar-refractivity contribution in [1.29, 1.82) is 0 Å². The van der Waals surface area contributed by atoms with Gasteiger partial charge < -0.3 is 10.6 Å². The van der Waals surface area contributed by atoms with Gasteiger partial charge >= 0.3 is 0 Å². The topological polar surface area (TPSA) is 53.2 Å². The van der Waals surface area contributed by atoms with Crippen LogP contribution in [0.1, 0.15) is 12.8 Å². The van der Waals surface area contributed by atoms with Gasteiger partial charge in [0.05, 0.1) is 6.04 Å². The molecule has 4 nitrogen and oxygen atoms in total. The van der Waals surface area contributed by atoms with Crippen molar-refractivity contribution in [2.75, 3.05) is 24.7 Å². The summed E-state index contributed by atoms with van der Waals surface area (Å²) in [7, 11) is 0. The first kappa shape index (κ1) is 13.1. The van der Waals surface area contributed by atoms with Crippen LogP contribution in [0.3, 0.4) is 0 Å². The van der Waals surface area contributed by atoms with Crippen LogP contribution >= 0.6 is 24.2 Å². The van der Waals surface area contributed by atoms with Gasteiger partial charge in [0.1, 0.15) is 0 Å². The lowest BCUT2D eigenvalue weighted by Crippen LogP contribution is -2.49. The van der Waals surface area contributed by atoms with Crippen molar-refractivity contribution in [2.45, 2.75) is 24.9 Å². The smallest absolute Gasteiger partial charge is 0.238 e. The van der Waals surface area contributed by atoms with E-state index in [4.69, 9.17) is 0 Å². The number of carbonyl (C=O) groups excluding carboxylic acids is 1. The van der Waals surface area contributed by atoms with Crippen LogP contribution in [0.2, 0.25) is 0 Å². The Hall–Kier alpha value is 0.0300. The molecule has 0 spiro atoms. The van der Waals surface area contributed by atoms with Crippen LogP contribution in [0.4, 0.5) is 0 Å². The summed E-state index contributed by atoms with van der Waals surface area (Å²) in [6.45, 7) is 2.05. The Morgan fingerprint density at radius 3 is 2.67 bits per heavy atom. The molecule has 1 atom stereocenters. The van der Waals surface area contributed by atoms with E-state index in [1.807, 2.05) is 0 Å². The Labute approximate surface area is 101 Å². The predicted octanol–water partition coefficient (Wildman–Crippen LogP) is -0.0611. The van der Waals surface area contributed by atoms with Gasteiger partial charge in [-0.3, -0.25) is 10.1 Å². The first-order chi connectivity index (χ1) is 6.86. The van der Waals surface area contributed by atoms with Crippen molar-refractivity contribution < 1.29 is 4.79 Å². The molecule has 2 rings (SSSR count). The summed E-state index contributed by atoms with van der Waals surface area (Å²) < 4.78 is 0. The summed E-state index contributed by atoms with van der Waals surface area (Å²) in [5.74, 6) is 2.00. The highest BCUT2D eigenvalue weighted by Crippen LogP contribution is 2.10. The van der Waals surface area contributed by atoms with Gasteiger partial charge in [0.25, 0.3) is 0 Å². The lowest BCUT2D eigenvalue weighted by atomic mass is 10.1. The quantitative estimate of drug-likeness (QED) is 0.644. The van der Waals surface area contributed by atoms with Gasteiger partial charge in [-0.15, -0.1) is 24.2 Å². The minimum atomic E-state index is 0. The molecule has 2 fully saturated rings. The average molecular weight is 252 g/mol.